The maximum atomic E-state index is 11.1. The molecule has 100 valence electrons. The van der Waals surface area contributed by atoms with Gasteiger partial charge < -0.3 is 5.11 Å². The molecule has 0 radical (unpaired) electrons. The molecule has 0 aliphatic heterocycles. The van der Waals surface area contributed by atoms with Gasteiger partial charge in [-0.25, -0.2) is 4.79 Å². The summed E-state index contributed by atoms with van der Waals surface area (Å²) in [5.74, 6) is -0.891. The van der Waals surface area contributed by atoms with Gasteiger partial charge in [-0.1, -0.05) is 30.0 Å². The Hall–Kier alpha value is -1.85. The Kier molecular flexibility index (Phi) is 3.46. The summed E-state index contributed by atoms with van der Waals surface area (Å²) in [7, 11) is 0. The van der Waals surface area contributed by atoms with Crippen molar-refractivity contribution in [2.45, 2.75) is 16.7 Å². The van der Waals surface area contributed by atoms with E-state index in [2.05, 4.69) is 24.0 Å². The lowest BCUT2D eigenvalue weighted by Gasteiger charge is -2.05. The van der Waals surface area contributed by atoms with E-state index >= 15 is 0 Å². The Bertz CT molecular complexity index is 795. The summed E-state index contributed by atoms with van der Waals surface area (Å²) >= 11 is 2.88. The van der Waals surface area contributed by atoms with Crippen LogP contribution in [0.3, 0.4) is 0 Å². The number of fused-ring (bicyclic) bond motifs is 1. The zero-order valence-electron chi connectivity index (χ0n) is 10.7. The molecule has 1 N–H and O–H groups in total. The van der Waals surface area contributed by atoms with Crippen LogP contribution in [0.15, 0.2) is 52.5 Å². The minimum Gasteiger partial charge on any atom is -0.477 e. The molecular formula is C15H11NO2S2. The number of thiophene rings is 1. The van der Waals surface area contributed by atoms with Crippen LogP contribution in [0.25, 0.3) is 10.1 Å². The number of hydrogen-bond acceptors (Lipinski definition) is 4. The van der Waals surface area contributed by atoms with E-state index in [9.17, 15) is 4.79 Å². The van der Waals surface area contributed by atoms with Crippen molar-refractivity contribution in [3.8, 4) is 0 Å². The van der Waals surface area contributed by atoms with E-state index in [4.69, 9.17) is 5.11 Å². The van der Waals surface area contributed by atoms with Crippen LogP contribution in [0.5, 0.6) is 0 Å². The second-order valence-corrected chi connectivity index (χ2v) is 6.50. The number of aromatic carboxylic acids is 1. The molecule has 20 heavy (non-hydrogen) atoms. The van der Waals surface area contributed by atoms with Gasteiger partial charge in [0.1, 0.15) is 4.88 Å². The summed E-state index contributed by atoms with van der Waals surface area (Å²) in [6.45, 7) is 2.06. The van der Waals surface area contributed by atoms with E-state index in [-0.39, 0.29) is 0 Å². The minimum atomic E-state index is -0.891. The molecule has 0 bridgehead atoms. The maximum Gasteiger partial charge on any atom is 0.345 e. The first-order valence-electron chi connectivity index (χ1n) is 5.99. The second-order valence-electron chi connectivity index (χ2n) is 4.33. The van der Waals surface area contributed by atoms with Gasteiger partial charge in [0, 0.05) is 27.6 Å². The number of benzene rings is 1. The third-order valence-corrected chi connectivity index (χ3v) is 5.21. The molecule has 0 saturated carbocycles. The second kappa shape index (κ2) is 5.26. The zero-order chi connectivity index (χ0) is 14.1. The molecule has 3 aromatic rings. The summed E-state index contributed by atoms with van der Waals surface area (Å²) in [6.07, 6.45) is 3.51. The van der Waals surface area contributed by atoms with Gasteiger partial charge in [-0.3, -0.25) is 4.98 Å². The highest BCUT2D eigenvalue weighted by Gasteiger charge is 2.12. The highest BCUT2D eigenvalue weighted by molar-refractivity contribution is 7.99. The molecule has 5 heteroatoms. The Morgan fingerprint density at radius 2 is 2.05 bits per heavy atom. The first-order chi connectivity index (χ1) is 9.65. The molecule has 0 aliphatic carbocycles. The van der Waals surface area contributed by atoms with Crippen LogP contribution in [0, 0.1) is 6.92 Å². The number of nitrogens with zero attached hydrogens (tertiary/aromatic N) is 1. The summed E-state index contributed by atoms with van der Waals surface area (Å²) in [5.41, 5.74) is 1.20. The number of carboxylic acids is 1. The number of pyridine rings is 1. The molecule has 0 atom stereocenters. The largest absolute Gasteiger partial charge is 0.477 e. The molecular weight excluding hydrogens is 290 g/mol. The normalized spacial score (nSPS) is 10.8. The van der Waals surface area contributed by atoms with E-state index in [0.29, 0.717) is 4.88 Å². The maximum absolute atomic E-state index is 11.1. The summed E-state index contributed by atoms with van der Waals surface area (Å²) in [5, 5.41) is 10.0. The number of carbonyl (C=O) groups is 1. The Balaban J connectivity index is 2.08. The van der Waals surface area contributed by atoms with Crippen LogP contribution >= 0.6 is 23.1 Å². The smallest absolute Gasteiger partial charge is 0.345 e. The first kappa shape index (κ1) is 13.1. The molecule has 0 aliphatic rings. The van der Waals surface area contributed by atoms with Crippen molar-refractivity contribution >= 4 is 39.2 Å². The molecule has 0 saturated heterocycles. The average molecular weight is 301 g/mol. The number of hydrogen-bond donors (Lipinski definition) is 1. The quantitative estimate of drug-likeness (QED) is 0.776. The third kappa shape index (κ3) is 2.42. The van der Waals surface area contributed by atoms with Crippen LogP contribution < -0.4 is 0 Å². The van der Waals surface area contributed by atoms with Gasteiger partial charge in [0.15, 0.2) is 0 Å². The van der Waals surface area contributed by atoms with Crippen LogP contribution in [-0.2, 0) is 0 Å². The topological polar surface area (TPSA) is 50.2 Å². The van der Waals surface area contributed by atoms with Gasteiger partial charge in [-0.15, -0.1) is 11.3 Å². The highest BCUT2D eigenvalue weighted by Crippen LogP contribution is 2.37. The standard InChI is InChI=1S/C15H11NO2S2/c1-9-4-2-3-5-11(9)19-13-7-16-8-14-10(13)6-12(20-14)15(17)18/h2-8H,1H3,(H,17,18). The van der Waals surface area contributed by atoms with Crippen molar-refractivity contribution in [2.75, 3.05) is 0 Å². The van der Waals surface area contributed by atoms with E-state index < -0.39 is 5.97 Å². The molecule has 0 unspecified atom stereocenters. The highest BCUT2D eigenvalue weighted by atomic mass is 32.2. The van der Waals surface area contributed by atoms with Gasteiger partial charge in [0.25, 0.3) is 0 Å². The zero-order valence-corrected chi connectivity index (χ0v) is 12.3. The predicted molar refractivity (Wildman–Crippen MR) is 81.9 cm³/mol. The van der Waals surface area contributed by atoms with Gasteiger partial charge in [-0.05, 0) is 24.6 Å². The van der Waals surface area contributed by atoms with E-state index in [1.54, 1.807) is 30.2 Å². The van der Waals surface area contributed by atoms with Crippen LogP contribution in [0.2, 0.25) is 0 Å². The summed E-state index contributed by atoms with van der Waals surface area (Å²) in [6, 6.07) is 9.85. The first-order valence-corrected chi connectivity index (χ1v) is 7.63. The molecule has 2 aromatic heterocycles. The fourth-order valence-corrected chi connectivity index (χ4v) is 3.87. The number of aryl methyl sites for hydroxylation is 1. The van der Waals surface area contributed by atoms with Crippen molar-refractivity contribution < 1.29 is 9.90 Å². The fourth-order valence-electron chi connectivity index (χ4n) is 1.91. The van der Waals surface area contributed by atoms with Crippen molar-refractivity contribution in [2.24, 2.45) is 0 Å². The van der Waals surface area contributed by atoms with Crippen LogP contribution in [0.4, 0.5) is 0 Å². The monoisotopic (exact) mass is 301 g/mol. The molecule has 0 fully saturated rings. The summed E-state index contributed by atoms with van der Waals surface area (Å²) in [4.78, 5) is 17.8. The van der Waals surface area contributed by atoms with Crippen molar-refractivity contribution in [1.29, 1.82) is 0 Å². The van der Waals surface area contributed by atoms with Gasteiger partial charge in [0.05, 0.1) is 4.70 Å². The van der Waals surface area contributed by atoms with Crippen LogP contribution in [0.1, 0.15) is 15.2 Å². The molecule has 1 aromatic carbocycles. The van der Waals surface area contributed by atoms with Gasteiger partial charge >= 0.3 is 5.97 Å². The number of rotatable bonds is 3. The van der Waals surface area contributed by atoms with Crippen LogP contribution in [-0.4, -0.2) is 16.1 Å². The Labute approximate surface area is 124 Å². The lowest BCUT2D eigenvalue weighted by atomic mass is 10.2. The molecule has 3 nitrogen and oxygen atoms in total. The van der Waals surface area contributed by atoms with E-state index in [0.717, 1.165) is 19.9 Å². The predicted octanol–water partition coefficient (Wildman–Crippen LogP) is 4.45. The van der Waals surface area contributed by atoms with Gasteiger partial charge in [0.2, 0.25) is 0 Å². The lowest BCUT2D eigenvalue weighted by Crippen LogP contribution is -1.89. The average Bonchev–Trinajstić information content (AvgIpc) is 2.86. The van der Waals surface area contributed by atoms with Crippen molar-refractivity contribution in [1.82, 2.24) is 4.98 Å². The minimum absolute atomic E-state index is 0.347. The summed E-state index contributed by atoms with van der Waals surface area (Å²) < 4.78 is 0.904. The number of aromatic nitrogens is 1. The fraction of sp³-hybridized carbons (Fsp3) is 0.0667. The van der Waals surface area contributed by atoms with E-state index in [1.165, 1.54) is 16.9 Å². The third-order valence-electron chi connectivity index (χ3n) is 2.93. The van der Waals surface area contributed by atoms with Gasteiger partial charge in [-0.2, -0.15) is 0 Å². The SMILES string of the molecule is Cc1ccccc1Sc1cncc2sc(C(=O)O)cc12. The molecule has 0 spiro atoms. The van der Waals surface area contributed by atoms with Crippen molar-refractivity contribution in [3.63, 3.8) is 0 Å². The Morgan fingerprint density at radius 1 is 1.25 bits per heavy atom. The molecule has 0 amide bonds. The Morgan fingerprint density at radius 3 is 2.80 bits per heavy atom. The molecule has 3 rings (SSSR count). The lowest BCUT2D eigenvalue weighted by molar-refractivity contribution is 0.0702. The van der Waals surface area contributed by atoms with E-state index in [1.807, 2.05) is 12.1 Å². The molecule has 2 heterocycles. The van der Waals surface area contributed by atoms with Crippen molar-refractivity contribution in [3.05, 3.63) is 53.2 Å². The number of carboxylic acid groups (broad SMARTS) is 1.